The van der Waals surface area contributed by atoms with E-state index in [4.69, 9.17) is 10.5 Å². The lowest BCUT2D eigenvalue weighted by atomic mass is 9.81. The van der Waals surface area contributed by atoms with E-state index in [2.05, 4.69) is 5.32 Å². The first-order valence-corrected chi connectivity index (χ1v) is 7.98. The molecule has 6 nitrogen and oxygen atoms in total. The Balaban J connectivity index is 1.82. The van der Waals surface area contributed by atoms with Crippen molar-refractivity contribution in [2.75, 3.05) is 32.8 Å². The SMILES string of the molecule is CC(NC(=O)C1CCCC(CN)C1)C(=O)N1CCOCC1. The zero-order chi connectivity index (χ0) is 15.2. The molecule has 2 amide bonds. The fraction of sp³-hybridized carbons (Fsp3) is 0.867. The molecule has 3 N–H and O–H groups in total. The van der Waals surface area contributed by atoms with Crippen molar-refractivity contribution in [3.05, 3.63) is 0 Å². The number of nitrogens with two attached hydrogens (primary N) is 1. The van der Waals surface area contributed by atoms with Gasteiger partial charge in [0.25, 0.3) is 0 Å². The molecule has 6 heteroatoms. The molecule has 120 valence electrons. The van der Waals surface area contributed by atoms with Gasteiger partial charge in [-0.25, -0.2) is 0 Å². The number of ether oxygens (including phenoxy) is 1. The van der Waals surface area contributed by atoms with Crippen molar-refractivity contribution in [2.24, 2.45) is 17.6 Å². The molecule has 3 atom stereocenters. The molecule has 1 heterocycles. The minimum absolute atomic E-state index is 0.00209. The Kier molecular flexibility index (Phi) is 5.99. The Morgan fingerprint density at radius 1 is 1.33 bits per heavy atom. The number of amides is 2. The molecule has 0 aromatic heterocycles. The molecule has 1 aliphatic heterocycles. The van der Waals surface area contributed by atoms with Gasteiger partial charge >= 0.3 is 0 Å². The monoisotopic (exact) mass is 297 g/mol. The highest BCUT2D eigenvalue weighted by atomic mass is 16.5. The number of nitrogens with zero attached hydrogens (tertiary/aromatic N) is 1. The minimum atomic E-state index is -0.464. The predicted octanol–water partition coefficient (Wildman–Crippen LogP) is 0.115. The molecule has 0 radical (unpaired) electrons. The third-order valence-electron chi connectivity index (χ3n) is 4.54. The summed E-state index contributed by atoms with van der Waals surface area (Å²) in [6.07, 6.45) is 3.91. The van der Waals surface area contributed by atoms with Crippen LogP contribution in [0.4, 0.5) is 0 Å². The van der Waals surface area contributed by atoms with E-state index in [1.54, 1.807) is 11.8 Å². The molecule has 2 fully saturated rings. The molecule has 1 saturated heterocycles. The first kappa shape index (κ1) is 16.2. The van der Waals surface area contributed by atoms with Gasteiger partial charge in [-0.3, -0.25) is 9.59 Å². The molecule has 3 unspecified atom stereocenters. The summed E-state index contributed by atoms with van der Waals surface area (Å²) in [4.78, 5) is 26.3. The molecule has 1 aliphatic carbocycles. The number of rotatable bonds is 4. The van der Waals surface area contributed by atoms with Crippen LogP contribution in [-0.2, 0) is 14.3 Å². The highest BCUT2D eigenvalue weighted by Gasteiger charge is 2.29. The first-order chi connectivity index (χ1) is 10.1. The van der Waals surface area contributed by atoms with Crippen LogP contribution in [0.15, 0.2) is 0 Å². The van der Waals surface area contributed by atoms with Crippen LogP contribution in [0, 0.1) is 11.8 Å². The van der Waals surface area contributed by atoms with Gasteiger partial charge in [0.15, 0.2) is 0 Å². The average Bonchev–Trinajstić information content (AvgIpc) is 2.54. The molecule has 0 aromatic rings. The Morgan fingerprint density at radius 3 is 2.71 bits per heavy atom. The van der Waals surface area contributed by atoms with Crippen molar-refractivity contribution in [1.82, 2.24) is 10.2 Å². The summed E-state index contributed by atoms with van der Waals surface area (Å²) in [6, 6.07) is -0.464. The molecular formula is C15H27N3O3. The maximum atomic E-state index is 12.3. The van der Waals surface area contributed by atoms with Gasteiger partial charge in [-0.1, -0.05) is 6.42 Å². The van der Waals surface area contributed by atoms with E-state index in [0.29, 0.717) is 38.8 Å². The van der Waals surface area contributed by atoms with Crippen LogP contribution in [0.3, 0.4) is 0 Å². The maximum absolute atomic E-state index is 12.3. The van der Waals surface area contributed by atoms with Crippen molar-refractivity contribution in [2.45, 2.75) is 38.6 Å². The van der Waals surface area contributed by atoms with Crippen molar-refractivity contribution in [3.63, 3.8) is 0 Å². The Morgan fingerprint density at radius 2 is 2.05 bits per heavy atom. The summed E-state index contributed by atoms with van der Waals surface area (Å²) in [5.41, 5.74) is 5.71. The summed E-state index contributed by atoms with van der Waals surface area (Å²) < 4.78 is 5.24. The Hall–Kier alpha value is -1.14. The van der Waals surface area contributed by atoms with Crippen LogP contribution < -0.4 is 11.1 Å². The average molecular weight is 297 g/mol. The quantitative estimate of drug-likeness (QED) is 0.771. The van der Waals surface area contributed by atoms with E-state index in [-0.39, 0.29) is 17.7 Å². The molecule has 2 rings (SSSR count). The third-order valence-corrected chi connectivity index (χ3v) is 4.54. The minimum Gasteiger partial charge on any atom is -0.378 e. The van der Waals surface area contributed by atoms with Crippen molar-refractivity contribution in [1.29, 1.82) is 0 Å². The highest BCUT2D eigenvalue weighted by Crippen LogP contribution is 2.28. The summed E-state index contributed by atoms with van der Waals surface area (Å²) in [6.45, 7) is 4.78. The zero-order valence-corrected chi connectivity index (χ0v) is 12.8. The van der Waals surface area contributed by atoms with Crippen LogP contribution in [0.5, 0.6) is 0 Å². The molecule has 1 saturated carbocycles. The fourth-order valence-corrected chi connectivity index (χ4v) is 3.19. The van der Waals surface area contributed by atoms with Crippen molar-refractivity contribution < 1.29 is 14.3 Å². The van der Waals surface area contributed by atoms with E-state index in [1.165, 1.54) is 0 Å². The molecule has 21 heavy (non-hydrogen) atoms. The largest absolute Gasteiger partial charge is 0.378 e. The predicted molar refractivity (Wildman–Crippen MR) is 79.5 cm³/mol. The fourth-order valence-electron chi connectivity index (χ4n) is 3.19. The Bertz CT molecular complexity index is 369. The molecular weight excluding hydrogens is 270 g/mol. The van der Waals surface area contributed by atoms with Gasteiger partial charge in [-0.15, -0.1) is 0 Å². The normalized spacial score (nSPS) is 28.0. The highest BCUT2D eigenvalue weighted by molar-refractivity contribution is 5.88. The van der Waals surface area contributed by atoms with E-state index in [1.807, 2.05) is 0 Å². The molecule has 0 aromatic carbocycles. The lowest BCUT2D eigenvalue weighted by molar-refractivity contribution is -0.140. The summed E-state index contributed by atoms with van der Waals surface area (Å²) in [5, 5.41) is 2.88. The van der Waals surface area contributed by atoms with Crippen molar-refractivity contribution >= 4 is 11.8 Å². The molecule has 0 spiro atoms. The second kappa shape index (κ2) is 7.75. The number of carbonyl (C=O) groups excluding carboxylic acids is 2. The first-order valence-electron chi connectivity index (χ1n) is 7.98. The number of morpholine rings is 1. The van der Waals surface area contributed by atoms with Crippen LogP contribution in [0.2, 0.25) is 0 Å². The lowest BCUT2D eigenvalue weighted by Crippen LogP contribution is -2.51. The van der Waals surface area contributed by atoms with Gasteiger partial charge in [0.05, 0.1) is 13.2 Å². The van der Waals surface area contributed by atoms with Crippen molar-refractivity contribution in [3.8, 4) is 0 Å². The van der Waals surface area contributed by atoms with Gasteiger partial charge in [0.1, 0.15) is 6.04 Å². The van der Waals surface area contributed by atoms with E-state index >= 15 is 0 Å². The topological polar surface area (TPSA) is 84.7 Å². The number of nitrogens with one attached hydrogen (secondary N) is 1. The van der Waals surface area contributed by atoms with Gasteiger partial charge in [-0.05, 0) is 38.6 Å². The van der Waals surface area contributed by atoms with Gasteiger partial charge in [0, 0.05) is 19.0 Å². The lowest BCUT2D eigenvalue weighted by Gasteiger charge is -2.31. The van der Waals surface area contributed by atoms with Gasteiger partial charge in [-0.2, -0.15) is 0 Å². The Labute approximate surface area is 126 Å². The standard InChI is InChI=1S/C15H27N3O3/c1-11(15(20)18-5-7-21-8-6-18)17-14(19)13-4-2-3-12(9-13)10-16/h11-13H,2-10,16H2,1H3,(H,17,19). The second-order valence-corrected chi connectivity index (χ2v) is 6.13. The van der Waals surface area contributed by atoms with Gasteiger partial charge < -0.3 is 20.7 Å². The molecule has 0 bridgehead atoms. The van der Waals surface area contributed by atoms with E-state index < -0.39 is 6.04 Å². The van der Waals surface area contributed by atoms with E-state index in [0.717, 1.165) is 25.7 Å². The van der Waals surface area contributed by atoms with Crippen LogP contribution in [0.1, 0.15) is 32.6 Å². The summed E-state index contributed by atoms with van der Waals surface area (Å²) >= 11 is 0. The number of hydrogen-bond acceptors (Lipinski definition) is 4. The third kappa shape index (κ3) is 4.41. The smallest absolute Gasteiger partial charge is 0.245 e. The number of carbonyl (C=O) groups is 2. The van der Waals surface area contributed by atoms with Crippen LogP contribution in [-0.4, -0.2) is 55.6 Å². The number of hydrogen-bond donors (Lipinski definition) is 2. The maximum Gasteiger partial charge on any atom is 0.245 e. The summed E-state index contributed by atoms with van der Waals surface area (Å²) in [5.74, 6) is 0.437. The zero-order valence-electron chi connectivity index (χ0n) is 12.8. The summed E-state index contributed by atoms with van der Waals surface area (Å²) in [7, 11) is 0. The van der Waals surface area contributed by atoms with Crippen LogP contribution >= 0.6 is 0 Å². The second-order valence-electron chi connectivity index (χ2n) is 6.13. The molecule has 2 aliphatic rings. The van der Waals surface area contributed by atoms with Crippen LogP contribution in [0.25, 0.3) is 0 Å². The van der Waals surface area contributed by atoms with Gasteiger partial charge in [0.2, 0.25) is 11.8 Å². The van der Waals surface area contributed by atoms with E-state index in [9.17, 15) is 9.59 Å².